The molecule has 0 bridgehead atoms. The SMILES string of the molecule is CNC1=CCC(NC)(C(=O)O)C=C1. The summed E-state index contributed by atoms with van der Waals surface area (Å²) in [6, 6.07) is 0. The molecule has 0 aromatic carbocycles. The van der Waals surface area contributed by atoms with Crippen LogP contribution in [0.1, 0.15) is 6.42 Å². The normalized spacial score (nSPS) is 26.8. The fourth-order valence-electron chi connectivity index (χ4n) is 1.28. The van der Waals surface area contributed by atoms with Gasteiger partial charge in [0.15, 0.2) is 0 Å². The molecule has 4 nitrogen and oxygen atoms in total. The molecule has 0 radical (unpaired) electrons. The average Bonchev–Trinajstić information content (AvgIpc) is 2.17. The molecule has 0 amide bonds. The summed E-state index contributed by atoms with van der Waals surface area (Å²) >= 11 is 0. The Kier molecular flexibility index (Phi) is 2.72. The maximum absolute atomic E-state index is 10.9. The van der Waals surface area contributed by atoms with Gasteiger partial charge < -0.3 is 15.7 Å². The minimum absolute atomic E-state index is 0.464. The number of carbonyl (C=O) groups is 1. The third-order valence-electron chi connectivity index (χ3n) is 2.31. The fourth-order valence-corrected chi connectivity index (χ4v) is 1.28. The van der Waals surface area contributed by atoms with Crippen molar-refractivity contribution in [3.8, 4) is 0 Å². The summed E-state index contributed by atoms with van der Waals surface area (Å²) in [5, 5.41) is 14.7. The largest absolute Gasteiger partial charge is 0.480 e. The van der Waals surface area contributed by atoms with E-state index in [0.29, 0.717) is 6.42 Å². The highest BCUT2D eigenvalue weighted by atomic mass is 16.4. The van der Waals surface area contributed by atoms with Gasteiger partial charge in [0, 0.05) is 19.2 Å². The van der Waals surface area contributed by atoms with Crippen LogP contribution in [0.2, 0.25) is 0 Å². The van der Waals surface area contributed by atoms with Crippen molar-refractivity contribution in [1.29, 1.82) is 0 Å². The smallest absolute Gasteiger partial charge is 0.328 e. The number of carboxylic acid groups (broad SMARTS) is 1. The molecule has 1 atom stereocenters. The first kappa shape index (κ1) is 9.80. The minimum Gasteiger partial charge on any atom is -0.480 e. The van der Waals surface area contributed by atoms with Gasteiger partial charge in [0.1, 0.15) is 5.54 Å². The third kappa shape index (κ3) is 1.72. The number of allylic oxidation sites excluding steroid dienone is 1. The maximum atomic E-state index is 10.9. The topological polar surface area (TPSA) is 61.4 Å². The lowest BCUT2D eigenvalue weighted by atomic mass is 9.90. The molecule has 1 aliphatic carbocycles. The molecule has 3 N–H and O–H groups in total. The molecule has 0 saturated heterocycles. The van der Waals surface area contributed by atoms with Crippen molar-refractivity contribution in [2.45, 2.75) is 12.0 Å². The molecule has 1 aliphatic rings. The van der Waals surface area contributed by atoms with Crippen LogP contribution in [0.5, 0.6) is 0 Å². The van der Waals surface area contributed by atoms with E-state index in [1.54, 1.807) is 19.2 Å². The van der Waals surface area contributed by atoms with Crippen LogP contribution in [0.15, 0.2) is 23.9 Å². The summed E-state index contributed by atoms with van der Waals surface area (Å²) < 4.78 is 0. The van der Waals surface area contributed by atoms with Gasteiger partial charge in [0.2, 0.25) is 0 Å². The van der Waals surface area contributed by atoms with Gasteiger partial charge in [-0.3, -0.25) is 0 Å². The molecule has 72 valence electrons. The lowest BCUT2D eigenvalue weighted by molar-refractivity contribution is -0.142. The van der Waals surface area contributed by atoms with Gasteiger partial charge in [-0.2, -0.15) is 0 Å². The summed E-state index contributed by atoms with van der Waals surface area (Å²) in [7, 11) is 3.46. The second kappa shape index (κ2) is 3.62. The molecule has 0 aliphatic heterocycles. The fraction of sp³-hybridized carbons (Fsp3) is 0.444. The highest BCUT2D eigenvalue weighted by Crippen LogP contribution is 2.19. The van der Waals surface area contributed by atoms with Gasteiger partial charge in [-0.1, -0.05) is 12.2 Å². The highest BCUT2D eigenvalue weighted by Gasteiger charge is 2.34. The molecule has 0 heterocycles. The Hall–Kier alpha value is -1.29. The molecule has 0 saturated carbocycles. The number of rotatable bonds is 3. The van der Waals surface area contributed by atoms with E-state index in [0.717, 1.165) is 5.70 Å². The minimum atomic E-state index is -0.930. The number of nitrogens with one attached hydrogen (secondary N) is 2. The number of likely N-dealkylation sites (N-methyl/N-ethyl adjacent to an activating group) is 2. The average molecular weight is 182 g/mol. The second-order valence-electron chi connectivity index (χ2n) is 2.97. The lowest BCUT2D eigenvalue weighted by Crippen LogP contribution is -2.49. The number of hydrogen-bond acceptors (Lipinski definition) is 3. The quantitative estimate of drug-likeness (QED) is 0.579. The van der Waals surface area contributed by atoms with E-state index in [2.05, 4.69) is 10.6 Å². The first-order valence-electron chi connectivity index (χ1n) is 4.14. The van der Waals surface area contributed by atoms with Crippen LogP contribution in [-0.4, -0.2) is 30.7 Å². The standard InChI is InChI=1S/C9H14N2O2/c1-10-7-3-5-9(11-2,6-4-7)8(12)13/h3-5,10-11H,6H2,1-2H3,(H,12,13). The Morgan fingerprint density at radius 3 is 2.62 bits per heavy atom. The van der Waals surface area contributed by atoms with E-state index in [1.165, 1.54) is 0 Å². The maximum Gasteiger partial charge on any atom is 0.328 e. The lowest BCUT2D eigenvalue weighted by Gasteiger charge is -2.27. The zero-order valence-electron chi connectivity index (χ0n) is 7.79. The molecule has 4 heteroatoms. The Labute approximate surface area is 77.3 Å². The predicted octanol–water partition coefficient (Wildman–Crippen LogP) is 0.0924. The molecule has 0 fully saturated rings. The van der Waals surface area contributed by atoms with Crippen molar-refractivity contribution < 1.29 is 9.90 Å². The number of carboxylic acids is 1. The van der Waals surface area contributed by atoms with Crippen molar-refractivity contribution >= 4 is 5.97 Å². The Morgan fingerprint density at radius 2 is 2.31 bits per heavy atom. The van der Waals surface area contributed by atoms with Crippen LogP contribution in [0.3, 0.4) is 0 Å². The van der Waals surface area contributed by atoms with Gasteiger partial charge in [-0.05, 0) is 13.1 Å². The second-order valence-corrected chi connectivity index (χ2v) is 2.97. The number of aliphatic carboxylic acids is 1. The first-order chi connectivity index (χ1) is 6.14. The van der Waals surface area contributed by atoms with E-state index >= 15 is 0 Å². The van der Waals surface area contributed by atoms with Crippen LogP contribution < -0.4 is 10.6 Å². The zero-order valence-corrected chi connectivity index (χ0v) is 7.79. The summed E-state index contributed by atoms with van der Waals surface area (Å²) in [6.07, 6.45) is 5.77. The Balaban J connectivity index is 2.83. The molecule has 1 rings (SSSR count). The van der Waals surface area contributed by atoms with Gasteiger partial charge in [0.25, 0.3) is 0 Å². The molecular weight excluding hydrogens is 168 g/mol. The monoisotopic (exact) mass is 182 g/mol. The number of hydrogen-bond donors (Lipinski definition) is 3. The molecule has 0 spiro atoms. The van der Waals surface area contributed by atoms with Crippen LogP contribution >= 0.6 is 0 Å². The Morgan fingerprint density at radius 1 is 1.62 bits per heavy atom. The summed E-state index contributed by atoms with van der Waals surface area (Å²) in [4.78, 5) is 10.9. The van der Waals surface area contributed by atoms with Gasteiger partial charge in [-0.25, -0.2) is 4.79 Å². The van der Waals surface area contributed by atoms with Crippen molar-refractivity contribution in [2.24, 2.45) is 0 Å². The van der Waals surface area contributed by atoms with Crippen LogP contribution in [0, 0.1) is 0 Å². The van der Waals surface area contributed by atoms with E-state index in [4.69, 9.17) is 5.11 Å². The van der Waals surface area contributed by atoms with Crippen molar-refractivity contribution in [1.82, 2.24) is 10.6 Å². The van der Waals surface area contributed by atoms with Crippen molar-refractivity contribution in [2.75, 3.05) is 14.1 Å². The van der Waals surface area contributed by atoms with E-state index in [1.807, 2.05) is 13.1 Å². The molecule has 0 aromatic rings. The highest BCUT2D eigenvalue weighted by molar-refractivity contribution is 5.82. The molecular formula is C9H14N2O2. The van der Waals surface area contributed by atoms with E-state index < -0.39 is 11.5 Å². The van der Waals surface area contributed by atoms with Crippen molar-refractivity contribution in [3.05, 3.63) is 23.9 Å². The van der Waals surface area contributed by atoms with Crippen LogP contribution in [0.25, 0.3) is 0 Å². The summed E-state index contributed by atoms with van der Waals surface area (Å²) in [5.41, 5.74) is 0.0208. The van der Waals surface area contributed by atoms with Crippen molar-refractivity contribution in [3.63, 3.8) is 0 Å². The molecule has 13 heavy (non-hydrogen) atoms. The predicted molar refractivity (Wildman–Crippen MR) is 50.3 cm³/mol. The van der Waals surface area contributed by atoms with E-state index in [9.17, 15) is 4.79 Å². The van der Waals surface area contributed by atoms with Gasteiger partial charge in [0.05, 0.1) is 0 Å². The zero-order chi connectivity index (χ0) is 9.90. The molecule has 0 aromatic heterocycles. The molecule has 1 unspecified atom stereocenters. The summed E-state index contributed by atoms with van der Waals surface area (Å²) in [5.74, 6) is -0.849. The third-order valence-corrected chi connectivity index (χ3v) is 2.31. The van der Waals surface area contributed by atoms with E-state index in [-0.39, 0.29) is 0 Å². The summed E-state index contributed by atoms with van der Waals surface area (Å²) in [6.45, 7) is 0. The van der Waals surface area contributed by atoms with Gasteiger partial charge in [-0.15, -0.1) is 0 Å². The van der Waals surface area contributed by atoms with Gasteiger partial charge >= 0.3 is 5.97 Å². The Bertz CT molecular complexity index is 271. The first-order valence-corrected chi connectivity index (χ1v) is 4.14. The van der Waals surface area contributed by atoms with Crippen LogP contribution in [0.4, 0.5) is 0 Å². The van der Waals surface area contributed by atoms with Crippen LogP contribution in [-0.2, 0) is 4.79 Å².